The van der Waals surface area contributed by atoms with Crippen LogP contribution in [0, 0.1) is 0 Å². The summed E-state index contributed by atoms with van der Waals surface area (Å²) in [5.41, 5.74) is -1.07. The molecular weight excluding hydrogens is 87.5 g/mol. The van der Waals surface area contributed by atoms with E-state index in [1.54, 1.807) is 6.92 Å². The quantitative estimate of drug-likeness (QED) is 0.321. The Balaban J connectivity index is 2.41. The highest BCUT2D eigenvalue weighted by Crippen LogP contribution is 2.23. The van der Waals surface area contributed by atoms with Gasteiger partial charge in [-0.1, -0.05) is 11.6 Å². The third kappa shape index (κ3) is 0.551. The maximum atomic E-state index is 6.80. The summed E-state index contributed by atoms with van der Waals surface area (Å²) >= 11 is 5.24. The van der Waals surface area contributed by atoms with Gasteiger partial charge in [0.15, 0.2) is 5.54 Å². The first-order chi connectivity index (χ1) is 2.63. The van der Waals surface area contributed by atoms with Crippen LogP contribution in [0.2, 0.25) is 0 Å². The molecule has 0 aromatic carbocycles. The summed E-state index contributed by atoms with van der Waals surface area (Å²) in [7, 11) is 0. The molecule has 5 heavy (non-hydrogen) atoms. The van der Waals surface area contributed by atoms with E-state index in [1.165, 1.54) is 0 Å². The van der Waals surface area contributed by atoms with Crippen molar-refractivity contribution in [1.29, 1.82) is 0 Å². The number of epoxide rings is 1. The first kappa shape index (κ1) is 2.43. The van der Waals surface area contributed by atoms with E-state index >= 15 is 0 Å². The third-order valence-corrected chi connectivity index (χ3v) is 0.948. The van der Waals surface area contributed by atoms with Gasteiger partial charge < -0.3 is 4.74 Å². The fourth-order valence-corrected chi connectivity index (χ4v) is 0.268. The monoisotopic (exact) mass is 93.0 g/mol. The molecule has 1 aliphatic heterocycles. The Labute approximate surface area is 37.3 Å². The molecule has 1 saturated heterocycles. The molecule has 0 bridgehead atoms. The Bertz CT molecular complexity index is 73.2. The number of hydrogen-bond donors (Lipinski definition) is 0. The first-order valence-corrected chi connectivity index (χ1v) is 1.87. The fourth-order valence-electron chi connectivity index (χ4n) is 0.135. The number of alkyl halides is 1. The van der Waals surface area contributed by atoms with Crippen molar-refractivity contribution in [3.63, 3.8) is 0 Å². The smallest absolute Gasteiger partial charge is 0.157 e. The average molecular weight is 93.5 g/mol. The molecule has 0 aliphatic carbocycles. The second-order valence-electron chi connectivity index (χ2n) is 1.06. The van der Waals surface area contributed by atoms with Crippen LogP contribution in [-0.4, -0.2) is 11.6 Å². The van der Waals surface area contributed by atoms with Crippen molar-refractivity contribution < 1.29 is 6.11 Å². The van der Waals surface area contributed by atoms with Crippen LogP contribution in [-0.2, 0) is 4.74 Å². The molecular formula is C3H5ClO. The molecule has 2 atom stereocenters. The van der Waals surface area contributed by atoms with Crippen LogP contribution in [0.3, 0.4) is 0 Å². The molecule has 0 aromatic rings. The van der Waals surface area contributed by atoms with Crippen LogP contribution in [0.4, 0.5) is 0 Å². The summed E-state index contributed by atoms with van der Waals surface area (Å²) in [5, 5.41) is 0. The molecule has 0 amide bonds. The second kappa shape index (κ2) is 0.854. The van der Waals surface area contributed by atoms with Crippen molar-refractivity contribution in [1.82, 2.24) is 0 Å². The fraction of sp³-hybridized carbons (Fsp3) is 1.00. The van der Waals surface area contributed by atoms with Gasteiger partial charge in [-0.05, 0) is 6.92 Å². The lowest BCUT2D eigenvalue weighted by Gasteiger charge is -1.55. The normalized spacial score (nSPS) is 66.8. The minimum absolute atomic E-state index is 0.0702. The molecule has 0 saturated carbocycles. The molecule has 30 valence electrons. The van der Waals surface area contributed by atoms with Crippen LogP contribution in [0.15, 0.2) is 0 Å². The van der Waals surface area contributed by atoms with Gasteiger partial charge in [0.25, 0.3) is 0 Å². The van der Waals surface area contributed by atoms with E-state index in [0.29, 0.717) is 0 Å². The third-order valence-electron chi connectivity index (χ3n) is 0.552. The van der Waals surface area contributed by atoms with Gasteiger partial charge in [0.1, 0.15) is 0 Å². The maximum Gasteiger partial charge on any atom is 0.157 e. The van der Waals surface area contributed by atoms with E-state index in [1.807, 2.05) is 0 Å². The molecule has 0 spiro atoms. The Morgan fingerprint density at radius 1 is 2.20 bits per heavy atom. The molecule has 1 heterocycles. The number of hydrogen-bond acceptors (Lipinski definition) is 1. The van der Waals surface area contributed by atoms with Crippen LogP contribution < -0.4 is 0 Å². The summed E-state index contributed by atoms with van der Waals surface area (Å²) < 4.78 is 11.3. The summed E-state index contributed by atoms with van der Waals surface area (Å²) in [6.45, 7) is 1.76. The minimum atomic E-state index is -1.07. The van der Waals surface area contributed by atoms with Crippen molar-refractivity contribution in [2.45, 2.75) is 18.6 Å². The van der Waals surface area contributed by atoms with Crippen molar-refractivity contribution in [2.75, 3.05) is 0 Å². The molecule has 1 fully saturated rings. The van der Waals surface area contributed by atoms with Crippen molar-refractivity contribution in [2.24, 2.45) is 0 Å². The number of ether oxygens (including phenoxy) is 1. The van der Waals surface area contributed by atoms with Gasteiger partial charge in [-0.3, -0.25) is 0 Å². The van der Waals surface area contributed by atoms with E-state index in [4.69, 9.17) is 13.0 Å². The summed E-state index contributed by atoms with van der Waals surface area (Å²) in [6.07, 6.45) is -0.0702. The van der Waals surface area contributed by atoms with Gasteiger partial charge in [0.05, 0.1) is 7.47 Å². The number of rotatable bonds is 0. The zero-order valence-electron chi connectivity index (χ0n) is 3.86. The van der Waals surface area contributed by atoms with Crippen molar-refractivity contribution in [3.05, 3.63) is 0 Å². The lowest BCUT2D eigenvalue weighted by molar-refractivity contribution is 0.411. The van der Waals surface area contributed by atoms with Crippen molar-refractivity contribution >= 4 is 11.6 Å². The van der Waals surface area contributed by atoms with Crippen LogP contribution in [0.5, 0.6) is 0 Å². The van der Waals surface area contributed by atoms with Crippen LogP contribution >= 0.6 is 11.6 Å². The van der Waals surface area contributed by atoms with Crippen LogP contribution in [0.1, 0.15) is 8.29 Å². The van der Waals surface area contributed by atoms with Gasteiger partial charge in [0.2, 0.25) is 0 Å². The van der Waals surface area contributed by atoms with Crippen molar-refractivity contribution in [3.8, 4) is 0 Å². The molecule has 2 heteroatoms. The Morgan fingerprint density at radius 2 is 2.40 bits per heavy atom. The summed E-state index contributed by atoms with van der Waals surface area (Å²) in [4.78, 5) is 0. The molecule has 1 rings (SSSR count). The predicted octanol–water partition coefficient (Wildman–Crippen LogP) is 0.970. The zero-order chi connectivity index (χ0) is 4.78. The highest BCUT2D eigenvalue weighted by molar-refractivity contribution is 6.21. The van der Waals surface area contributed by atoms with E-state index < -0.39 is 5.54 Å². The lowest BCUT2D eigenvalue weighted by atomic mass is 10.6. The Kier molecular flexibility index (Phi) is 0.415. The van der Waals surface area contributed by atoms with Gasteiger partial charge in [-0.25, -0.2) is 0 Å². The number of halogens is 1. The van der Waals surface area contributed by atoms with Crippen LogP contribution in [0.25, 0.3) is 0 Å². The Hall–Kier alpha value is 0.250. The Morgan fingerprint density at radius 3 is 2.40 bits per heavy atom. The highest BCUT2D eigenvalue weighted by Gasteiger charge is 2.30. The highest BCUT2D eigenvalue weighted by atomic mass is 35.5. The maximum absolute atomic E-state index is 6.80. The second-order valence-corrected chi connectivity index (χ2v) is 1.44. The molecule has 2 unspecified atom stereocenters. The topological polar surface area (TPSA) is 12.5 Å². The zero-order valence-corrected chi connectivity index (χ0v) is 3.62. The first-order valence-electron chi connectivity index (χ1n) is 1.99. The summed E-state index contributed by atoms with van der Waals surface area (Å²) in [5.74, 6) is 0. The lowest BCUT2D eigenvalue weighted by Crippen LogP contribution is -1.69. The predicted molar refractivity (Wildman–Crippen MR) is 20.2 cm³/mol. The van der Waals surface area contributed by atoms with Gasteiger partial charge in [0, 0.05) is 0 Å². The SMILES string of the molecule is [2H]C1(Cl)OC1C. The average Bonchev–Trinajstić information content (AvgIpc) is 1.73. The standard InChI is InChI=1S/C3H5ClO/c1-2-3(4)5-2/h2-3H,1H3/i3D. The van der Waals surface area contributed by atoms with E-state index in [-0.39, 0.29) is 6.10 Å². The van der Waals surface area contributed by atoms with E-state index in [2.05, 4.69) is 4.74 Å². The largest absolute Gasteiger partial charge is 0.353 e. The molecule has 0 N–H and O–H groups in total. The van der Waals surface area contributed by atoms with Gasteiger partial charge in [-0.2, -0.15) is 0 Å². The van der Waals surface area contributed by atoms with E-state index in [9.17, 15) is 0 Å². The van der Waals surface area contributed by atoms with E-state index in [0.717, 1.165) is 0 Å². The summed E-state index contributed by atoms with van der Waals surface area (Å²) in [6, 6.07) is 0. The molecule has 1 aliphatic rings. The molecule has 0 radical (unpaired) electrons. The van der Waals surface area contributed by atoms with Gasteiger partial charge >= 0.3 is 0 Å². The van der Waals surface area contributed by atoms with Gasteiger partial charge in [-0.15, -0.1) is 0 Å². The molecule has 1 nitrogen and oxygen atoms in total. The molecule has 0 aromatic heterocycles. The minimum Gasteiger partial charge on any atom is -0.353 e.